The predicted molar refractivity (Wildman–Crippen MR) is 68.8 cm³/mol. The van der Waals surface area contributed by atoms with E-state index >= 15 is 0 Å². The number of hydrogen-bond acceptors (Lipinski definition) is 2. The van der Waals surface area contributed by atoms with E-state index in [1.165, 1.54) is 12.8 Å². The normalized spacial score (nSPS) is 14.9. The van der Waals surface area contributed by atoms with E-state index in [0.717, 1.165) is 4.47 Å². The Balaban J connectivity index is 1.91. The maximum atomic E-state index is 11.6. The minimum atomic E-state index is -0.0631. The van der Waals surface area contributed by atoms with E-state index in [-0.39, 0.29) is 5.91 Å². The molecule has 0 spiro atoms. The first-order chi connectivity index (χ1) is 7.65. The number of benzene rings is 1. The zero-order valence-electron chi connectivity index (χ0n) is 8.59. The van der Waals surface area contributed by atoms with Gasteiger partial charge in [-0.2, -0.15) is 0 Å². The molecule has 0 aliphatic heterocycles. The smallest absolute Gasteiger partial charge is 0.238 e. The lowest BCUT2D eigenvalue weighted by molar-refractivity contribution is -0.115. The molecule has 16 heavy (non-hydrogen) atoms. The van der Waals surface area contributed by atoms with Crippen molar-refractivity contribution in [3.05, 3.63) is 27.7 Å². The number of amides is 1. The zero-order chi connectivity index (χ0) is 11.5. The monoisotopic (exact) mass is 302 g/mol. The first kappa shape index (κ1) is 11.9. The summed E-state index contributed by atoms with van der Waals surface area (Å²) in [4.78, 5) is 11.6. The molecule has 0 radical (unpaired) electrons. The summed E-state index contributed by atoms with van der Waals surface area (Å²) in [5, 5.41) is 6.46. The van der Waals surface area contributed by atoms with E-state index in [9.17, 15) is 4.79 Å². The number of carbonyl (C=O) groups excluding carboxylic acids is 1. The number of hydrogen-bond donors (Lipinski definition) is 2. The van der Waals surface area contributed by atoms with Gasteiger partial charge in [0.2, 0.25) is 5.91 Å². The van der Waals surface area contributed by atoms with Crippen molar-refractivity contribution >= 4 is 39.1 Å². The van der Waals surface area contributed by atoms with Gasteiger partial charge in [0.1, 0.15) is 0 Å². The van der Waals surface area contributed by atoms with Crippen LogP contribution < -0.4 is 10.6 Å². The molecule has 0 bridgehead atoms. The van der Waals surface area contributed by atoms with Gasteiger partial charge in [0.15, 0.2) is 0 Å². The summed E-state index contributed by atoms with van der Waals surface area (Å²) in [6.07, 6.45) is 2.34. The van der Waals surface area contributed by atoms with Crippen LogP contribution in [0.2, 0.25) is 5.02 Å². The molecule has 0 saturated heterocycles. The average Bonchev–Trinajstić information content (AvgIpc) is 3.04. The molecule has 1 fully saturated rings. The molecule has 1 aliphatic carbocycles. The molecule has 2 N–H and O–H groups in total. The summed E-state index contributed by atoms with van der Waals surface area (Å²) in [7, 11) is 0. The van der Waals surface area contributed by atoms with Crippen molar-refractivity contribution in [3.63, 3.8) is 0 Å². The van der Waals surface area contributed by atoms with Crippen molar-refractivity contribution in [2.75, 3.05) is 11.9 Å². The first-order valence-corrected chi connectivity index (χ1v) is 6.30. The van der Waals surface area contributed by atoms with Gasteiger partial charge in [0, 0.05) is 10.5 Å². The Labute approximate surface area is 108 Å². The Morgan fingerprint density at radius 2 is 2.25 bits per heavy atom. The molecule has 1 aromatic rings. The largest absolute Gasteiger partial charge is 0.324 e. The van der Waals surface area contributed by atoms with Crippen molar-refractivity contribution in [3.8, 4) is 0 Å². The predicted octanol–water partition coefficient (Wildman–Crippen LogP) is 2.79. The third kappa shape index (κ3) is 3.47. The number of nitrogens with one attached hydrogen (secondary N) is 2. The van der Waals surface area contributed by atoms with Gasteiger partial charge in [-0.25, -0.2) is 0 Å². The molecule has 1 amide bonds. The first-order valence-electron chi connectivity index (χ1n) is 5.13. The van der Waals surface area contributed by atoms with Gasteiger partial charge in [0.05, 0.1) is 17.3 Å². The highest BCUT2D eigenvalue weighted by atomic mass is 79.9. The number of halogens is 2. The van der Waals surface area contributed by atoms with Crippen molar-refractivity contribution in [2.24, 2.45) is 0 Å². The van der Waals surface area contributed by atoms with Crippen molar-refractivity contribution in [1.82, 2.24) is 5.32 Å². The summed E-state index contributed by atoms with van der Waals surface area (Å²) in [5.41, 5.74) is 0.638. The fraction of sp³-hybridized carbons (Fsp3) is 0.364. The van der Waals surface area contributed by atoms with Crippen molar-refractivity contribution < 1.29 is 4.79 Å². The van der Waals surface area contributed by atoms with Crippen LogP contribution in [0.4, 0.5) is 5.69 Å². The number of anilines is 1. The SMILES string of the molecule is O=C(CNC1CC1)Nc1cc(Br)ccc1Cl. The molecule has 0 atom stereocenters. The van der Waals surface area contributed by atoms with Crippen LogP contribution in [0.1, 0.15) is 12.8 Å². The highest BCUT2D eigenvalue weighted by molar-refractivity contribution is 9.10. The summed E-state index contributed by atoms with van der Waals surface area (Å²) in [6.45, 7) is 0.341. The number of rotatable bonds is 4. The Kier molecular flexibility index (Phi) is 3.84. The third-order valence-electron chi connectivity index (χ3n) is 2.33. The lowest BCUT2D eigenvalue weighted by atomic mass is 10.3. The second-order valence-corrected chi connectivity index (χ2v) is 5.15. The molecular formula is C11H12BrClN2O. The molecule has 0 heterocycles. The second-order valence-electron chi connectivity index (χ2n) is 3.83. The fourth-order valence-corrected chi connectivity index (χ4v) is 1.84. The van der Waals surface area contributed by atoms with Gasteiger partial charge in [-0.1, -0.05) is 27.5 Å². The summed E-state index contributed by atoms with van der Waals surface area (Å²) in [5.74, 6) is -0.0631. The standard InChI is InChI=1S/C11H12BrClN2O/c12-7-1-4-9(13)10(5-7)15-11(16)6-14-8-2-3-8/h1,4-5,8,14H,2-3,6H2,(H,15,16). The van der Waals surface area contributed by atoms with Gasteiger partial charge < -0.3 is 10.6 Å². The van der Waals surface area contributed by atoms with E-state index in [4.69, 9.17) is 11.6 Å². The summed E-state index contributed by atoms with van der Waals surface area (Å²) >= 11 is 9.29. The summed E-state index contributed by atoms with van der Waals surface area (Å²) < 4.78 is 0.891. The topological polar surface area (TPSA) is 41.1 Å². The van der Waals surface area contributed by atoms with Gasteiger partial charge in [-0.05, 0) is 31.0 Å². The maximum absolute atomic E-state index is 11.6. The van der Waals surface area contributed by atoms with E-state index in [0.29, 0.717) is 23.3 Å². The van der Waals surface area contributed by atoms with Crippen LogP contribution in [0.15, 0.2) is 22.7 Å². The average molecular weight is 304 g/mol. The lowest BCUT2D eigenvalue weighted by Gasteiger charge is -2.08. The molecular weight excluding hydrogens is 291 g/mol. The molecule has 2 rings (SSSR count). The lowest BCUT2D eigenvalue weighted by Crippen LogP contribution is -2.29. The molecule has 3 nitrogen and oxygen atoms in total. The van der Waals surface area contributed by atoms with Gasteiger partial charge in [0.25, 0.3) is 0 Å². The van der Waals surface area contributed by atoms with E-state index in [2.05, 4.69) is 26.6 Å². The molecule has 5 heteroatoms. The van der Waals surface area contributed by atoms with Gasteiger partial charge in [-0.3, -0.25) is 4.79 Å². The van der Waals surface area contributed by atoms with Crippen LogP contribution in [0.3, 0.4) is 0 Å². The van der Waals surface area contributed by atoms with E-state index < -0.39 is 0 Å². The highest BCUT2D eigenvalue weighted by Crippen LogP contribution is 2.25. The van der Waals surface area contributed by atoms with Crippen molar-refractivity contribution in [2.45, 2.75) is 18.9 Å². The molecule has 0 aromatic heterocycles. The van der Waals surface area contributed by atoms with E-state index in [1.807, 2.05) is 6.07 Å². The van der Waals surface area contributed by atoms with E-state index in [1.54, 1.807) is 12.1 Å². The van der Waals surface area contributed by atoms with Crippen LogP contribution >= 0.6 is 27.5 Å². The van der Waals surface area contributed by atoms with Crippen LogP contribution in [0.25, 0.3) is 0 Å². The van der Waals surface area contributed by atoms with Gasteiger partial charge in [-0.15, -0.1) is 0 Å². The Hall–Kier alpha value is -0.580. The molecule has 1 aliphatic rings. The quantitative estimate of drug-likeness (QED) is 0.898. The second kappa shape index (κ2) is 5.17. The van der Waals surface area contributed by atoms with Crippen LogP contribution in [0, 0.1) is 0 Å². The molecule has 0 unspecified atom stereocenters. The van der Waals surface area contributed by atoms with Crippen molar-refractivity contribution in [1.29, 1.82) is 0 Å². The van der Waals surface area contributed by atoms with Crippen LogP contribution in [-0.4, -0.2) is 18.5 Å². The highest BCUT2D eigenvalue weighted by Gasteiger charge is 2.21. The van der Waals surface area contributed by atoms with Crippen LogP contribution in [0.5, 0.6) is 0 Å². The Morgan fingerprint density at radius 3 is 2.94 bits per heavy atom. The molecule has 1 saturated carbocycles. The zero-order valence-corrected chi connectivity index (χ0v) is 10.9. The Morgan fingerprint density at radius 1 is 1.50 bits per heavy atom. The minimum Gasteiger partial charge on any atom is -0.324 e. The molecule has 1 aromatic carbocycles. The Bertz CT molecular complexity index is 407. The van der Waals surface area contributed by atoms with Gasteiger partial charge >= 0.3 is 0 Å². The third-order valence-corrected chi connectivity index (χ3v) is 3.15. The summed E-state index contributed by atoms with van der Waals surface area (Å²) in [6, 6.07) is 5.90. The maximum Gasteiger partial charge on any atom is 0.238 e. The van der Waals surface area contributed by atoms with Crippen LogP contribution in [-0.2, 0) is 4.79 Å². The minimum absolute atomic E-state index is 0.0631. The number of carbonyl (C=O) groups is 1. The fourth-order valence-electron chi connectivity index (χ4n) is 1.31. The molecule has 86 valence electrons.